The lowest BCUT2D eigenvalue weighted by atomic mass is 10.0. The van der Waals surface area contributed by atoms with Crippen LogP contribution in [-0.2, 0) is 0 Å². The summed E-state index contributed by atoms with van der Waals surface area (Å²) in [6, 6.07) is 0. The molecule has 3 heterocycles. The molecule has 0 bridgehead atoms. The molecule has 1 unspecified atom stereocenters. The molecule has 0 amide bonds. The van der Waals surface area contributed by atoms with E-state index in [0.717, 1.165) is 29.5 Å². The molecular formula is C12H15N3S2. The molecule has 2 aromatic heterocycles. The van der Waals surface area contributed by atoms with Crippen LogP contribution in [0.3, 0.4) is 0 Å². The number of nitrogens with one attached hydrogen (secondary N) is 1. The third-order valence-corrected chi connectivity index (χ3v) is 4.83. The van der Waals surface area contributed by atoms with Crippen molar-refractivity contribution in [3.63, 3.8) is 0 Å². The molecular weight excluding hydrogens is 250 g/mol. The van der Waals surface area contributed by atoms with E-state index in [1.54, 1.807) is 22.7 Å². The van der Waals surface area contributed by atoms with Crippen LogP contribution in [0.25, 0.3) is 11.4 Å². The first-order valence-electron chi connectivity index (χ1n) is 5.91. The molecule has 1 aliphatic heterocycles. The van der Waals surface area contributed by atoms with E-state index >= 15 is 0 Å². The van der Waals surface area contributed by atoms with Crippen LogP contribution in [-0.4, -0.2) is 23.1 Å². The van der Waals surface area contributed by atoms with Gasteiger partial charge in [-0.25, -0.2) is 9.97 Å². The number of hydrogen-bond acceptors (Lipinski definition) is 5. The first-order valence-corrected chi connectivity index (χ1v) is 7.67. The van der Waals surface area contributed by atoms with E-state index in [-0.39, 0.29) is 0 Å². The second-order valence-corrected chi connectivity index (χ2v) is 6.32. The topological polar surface area (TPSA) is 37.8 Å². The zero-order chi connectivity index (χ0) is 11.7. The fourth-order valence-electron chi connectivity index (χ4n) is 2.14. The van der Waals surface area contributed by atoms with Crippen LogP contribution in [0.2, 0.25) is 0 Å². The lowest BCUT2D eigenvalue weighted by Crippen LogP contribution is -2.28. The van der Waals surface area contributed by atoms with Crippen LogP contribution in [0.15, 0.2) is 10.8 Å². The summed E-state index contributed by atoms with van der Waals surface area (Å²) < 4.78 is 0. The third-order valence-electron chi connectivity index (χ3n) is 3.05. The van der Waals surface area contributed by atoms with Gasteiger partial charge in [-0.1, -0.05) is 0 Å². The maximum absolute atomic E-state index is 4.74. The summed E-state index contributed by atoms with van der Waals surface area (Å²) >= 11 is 3.46. The SMILES string of the molecule is Cc1nc(-c2csc(C3CCCNC3)n2)cs1. The van der Waals surface area contributed by atoms with Gasteiger partial charge in [-0.2, -0.15) is 0 Å². The number of hydrogen-bond donors (Lipinski definition) is 1. The van der Waals surface area contributed by atoms with Crippen molar-refractivity contribution >= 4 is 22.7 Å². The van der Waals surface area contributed by atoms with E-state index in [9.17, 15) is 0 Å². The van der Waals surface area contributed by atoms with E-state index in [1.165, 1.54) is 17.8 Å². The van der Waals surface area contributed by atoms with Crippen molar-refractivity contribution in [1.82, 2.24) is 15.3 Å². The quantitative estimate of drug-likeness (QED) is 0.907. The predicted octanol–water partition coefficient (Wildman–Crippen LogP) is 3.04. The Bertz CT molecular complexity index is 497. The normalized spacial score (nSPS) is 20.6. The van der Waals surface area contributed by atoms with Gasteiger partial charge in [-0.15, -0.1) is 22.7 Å². The Morgan fingerprint density at radius 1 is 1.24 bits per heavy atom. The van der Waals surface area contributed by atoms with Crippen LogP contribution in [0, 0.1) is 6.92 Å². The van der Waals surface area contributed by atoms with Gasteiger partial charge in [0.15, 0.2) is 0 Å². The van der Waals surface area contributed by atoms with Crippen molar-refractivity contribution in [1.29, 1.82) is 0 Å². The van der Waals surface area contributed by atoms with Crippen molar-refractivity contribution in [2.75, 3.05) is 13.1 Å². The lowest BCUT2D eigenvalue weighted by Gasteiger charge is -2.20. The highest BCUT2D eigenvalue weighted by Crippen LogP contribution is 2.30. The minimum absolute atomic E-state index is 0.599. The van der Waals surface area contributed by atoms with Gasteiger partial charge >= 0.3 is 0 Å². The minimum atomic E-state index is 0.599. The van der Waals surface area contributed by atoms with E-state index in [2.05, 4.69) is 21.1 Å². The van der Waals surface area contributed by atoms with E-state index in [0.29, 0.717) is 5.92 Å². The average Bonchev–Trinajstić information content (AvgIpc) is 2.98. The summed E-state index contributed by atoms with van der Waals surface area (Å²) in [6.45, 7) is 4.26. The molecule has 3 rings (SSSR count). The number of rotatable bonds is 2. The van der Waals surface area contributed by atoms with Crippen molar-refractivity contribution in [3.8, 4) is 11.4 Å². The summed E-state index contributed by atoms with van der Waals surface area (Å²) in [6.07, 6.45) is 2.52. The molecule has 2 aromatic rings. The molecule has 0 aromatic carbocycles. The zero-order valence-electron chi connectivity index (χ0n) is 9.77. The first kappa shape index (κ1) is 11.3. The van der Waals surface area contributed by atoms with Crippen LogP contribution in [0.1, 0.15) is 28.8 Å². The summed E-state index contributed by atoms with van der Waals surface area (Å²) in [4.78, 5) is 9.23. The summed E-state index contributed by atoms with van der Waals surface area (Å²) in [5, 5.41) is 10.0. The highest BCUT2D eigenvalue weighted by atomic mass is 32.1. The van der Waals surface area contributed by atoms with Crippen molar-refractivity contribution in [2.45, 2.75) is 25.7 Å². The van der Waals surface area contributed by atoms with Gasteiger partial charge in [0.1, 0.15) is 11.4 Å². The molecule has 1 aliphatic rings. The van der Waals surface area contributed by atoms with Gasteiger partial charge in [0.25, 0.3) is 0 Å². The highest BCUT2D eigenvalue weighted by molar-refractivity contribution is 7.10. The molecule has 1 N–H and O–H groups in total. The molecule has 90 valence electrons. The Kier molecular flexibility index (Phi) is 3.22. The summed E-state index contributed by atoms with van der Waals surface area (Å²) in [5.41, 5.74) is 2.07. The van der Waals surface area contributed by atoms with E-state index < -0.39 is 0 Å². The van der Waals surface area contributed by atoms with Crippen LogP contribution in [0.5, 0.6) is 0 Å². The van der Waals surface area contributed by atoms with Gasteiger partial charge in [-0.05, 0) is 26.3 Å². The van der Waals surface area contributed by atoms with E-state index in [4.69, 9.17) is 4.98 Å². The smallest absolute Gasteiger partial charge is 0.101 e. The minimum Gasteiger partial charge on any atom is -0.316 e. The molecule has 0 aliphatic carbocycles. The van der Waals surface area contributed by atoms with Crippen LogP contribution < -0.4 is 5.32 Å². The Labute approximate surface area is 109 Å². The molecule has 1 fully saturated rings. The second-order valence-electron chi connectivity index (χ2n) is 4.37. The first-order chi connectivity index (χ1) is 8.33. The van der Waals surface area contributed by atoms with Gasteiger partial charge in [0.2, 0.25) is 0 Å². The molecule has 3 nitrogen and oxygen atoms in total. The molecule has 17 heavy (non-hydrogen) atoms. The molecule has 0 radical (unpaired) electrons. The van der Waals surface area contributed by atoms with Gasteiger partial charge in [-0.3, -0.25) is 0 Å². The van der Waals surface area contributed by atoms with Gasteiger partial charge in [0.05, 0.1) is 10.0 Å². The zero-order valence-corrected chi connectivity index (χ0v) is 11.4. The second kappa shape index (κ2) is 4.84. The Morgan fingerprint density at radius 2 is 2.06 bits per heavy atom. The molecule has 5 heteroatoms. The monoisotopic (exact) mass is 265 g/mol. The maximum Gasteiger partial charge on any atom is 0.101 e. The lowest BCUT2D eigenvalue weighted by molar-refractivity contribution is 0.460. The fourth-order valence-corrected chi connectivity index (χ4v) is 3.69. The van der Waals surface area contributed by atoms with Crippen molar-refractivity contribution in [2.24, 2.45) is 0 Å². The van der Waals surface area contributed by atoms with Crippen LogP contribution in [0.4, 0.5) is 0 Å². The summed E-state index contributed by atoms with van der Waals surface area (Å²) in [5.74, 6) is 0.599. The van der Waals surface area contributed by atoms with Crippen molar-refractivity contribution in [3.05, 3.63) is 20.8 Å². The van der Waals surface area contributed by atoms with Crippen molar-refractivity contribution < 1.29 is 0 Å². The standard InChI is InChI=1S/C12H15N3S2/c1-8-14-10(6-16-8)11-7-17-12(15-11)9-3-2-4-13-5-9/h6-7,9,13H,2-5H2,1H3. The average molecular weight is 265 g/mol. The number of thiazole rings is 2. The number of nitrogens with zero attached hydrogens (tertiary/aromatic N) is 2. The third kappa shape index (κ3) is 2.41. The van der Waals surface area contributed by atoms with Gasteiger partial charge in [0, 0.05) is 23.2 Å². The Hall–Kier alpha value is -0.780. The largest absolute Gasteiger partial charge is 0.316 e. The molecule has 1 atom stereocenters. The molecule has 0 saturated carbocycles. The Balaban J connectivity index is 1.82. The summed E-state index contributed by atoms with van der Waals surface area (Å²) in [7, 11) is 0. The highest BCUT2D eigenvalue weighted by Gasteiger charge is 2.19. The van der Waals surface area contributed by atoms with Gasteiger partial charge < -0.3 is 5.32 Å². The Morgan fingerprint density at radius 3 is 2.76 bits per heavy atom. The fraction of sp³-hybridized carbons (Fsp3) is 0.500. The molecule has 0 spiro atoms. The number of piperidine rings is 1. The molecule has 1 saturated heterocycles. The predicted molar refractivity (Wildman–Crippen MR) is 72.8 cm³/mol. The maximum atomic E-state index is 4.74. The number of aryl methyl sites for hydroxylation is 1. The number of aromatic nitrogens is 2. The van der Waals surface area contributed by atoms with Crippen LogP contribution >= 0.6 is 22.7 Å². The van der Waals surface area contributed by atoms with E-state index in [1.807, 2.05) is 6.92 Å².